The maximum Gasteiger partial charge on any atom is 0.417 e. The SMILES string of the molecule is COC(=O)[C@@H]1CC(=O)NN(C(=O)CSc2ncc(C(F)(F)F)cc2Cl)C1. The highest BCUT2D eigenvalue weighted by molar-refractivity contribution is 8.00. The van der Waals surface area contributed by atoms with Crippen molar-refractivity contribution in [2.75, 3.05) is 19.4 Å². The highest BCUT2D eigenvalue weighted by Gasteiger charge is 2.34. The number of esters is 1. The number of carbonyl (C=O) groups excluding carboxylic acids is 3. The Morgan fingerprint density at radius 2 is 2.19 bits per heavy atom. The zero-order chi connectivity index (χ0) is 19.5. The van der Waals surface area contributed by atoms with Gasteiger partial charge in [0.2, 0.25) is 5.91 Å². The molecule has 0 bridgehead atoms. The van der Waals surface area contributed by atoms with Crippen LogP contribution in [0.4, 0.5) is 13.2 Å². The first-order valence-electron chi connectivity index (χ1n) is 7.15. The monoisotopic (exact) mass is 411 g/mol. The molecule has 2 heterocycles. The molecule has 0 radical (unpaired) electrons. The molecule has 1 aromatic heterocycles. The van der Waals surface area contributed by atoms with Gasteiger partial charge in [-0.25, -0.2) is 4.98 Å². The Labute approximate surface area is 155 Å². The van der Waals surface area contributed by atoms with E-state index in [0.717, 1.165) is 22.8 Å². The fourth-order valence-corrected chi connectivity index (χ4v) is 3.20. The maximum absolute atomic E-state index is 12.6. The van der Waals surface area contributed by atoms with Crippen LogP contribution in [-0.4, -0.2) is 47.2 Å². The van der Waals surface area contributed by atoms with Crippen molar-refractivity contribution in [1.82, 2.24) is 15.4 Å². The number of alkyl halides is 3. The molecule has 1 saturated heterocycles. The summed E-state index contributed by atoms with van der Waals surface area (Å²) in [7, 11) is 1.18. The molecule has 0 spiro atoms. The Morgan fingerprint density at radius 1 is 1.50 bits per heavy atom. The first-order valence-corrected chi connectivity index (χ1v) is 8.51. The number of aromatic nitrogens is 1. The normalized spacial score (nSPS) is 17.7. The molecule has 0 saturated carbocycles. The third kappa shape index (κ3) is 5.01. The van der Waals surface area contributed by atoms with Gasteiger partial charge in [-0.15, -0.1) is 0 Å². The Balaban J connectivity index is 2.00. The van der Waals surface area contributed by atoms with Crippen LogP contribution in [-0.2, 0) is 25.3 Å². The van der Waals surface area contributed by atoms with Crippen molar-refractivity contribution in [2.45, 2.75) is 17.6 Å². The zero-order valence-corrected chi connectivity index (χ0v) is 14.9. The van der Waals surface area contributed by atoms with Crippen molar-refractivity contribution in [3.05, 3.63) is 22.8 Å². The van der Waals surface area contributed by atoms with Gasteiger partial charge in [-0.3, -0.25) is 24.8 Å². The number of thioether (sulfide) groups is 1. The van der Waals surface area contributed by atoms with Crippen LogP contribution < -0.4 is 5.43 Å². The van der Waals surface area contributed by atoms with Gasteiger partial charge in [-0.05, 0) is 6.07 Å². The molecule has 2 rings (SSSR count). The van der Waals surface area contributed by atoms with E-state index in [1.165, 1.54) is 7.11 Å². The van der Waals surface area contributed by atoms with E-state index >= 15 is 0 Å². The first-order chi connectivity index (χ1) is 12.1. The number of ether oxygens (including phenoxy) is 1. The van der Waals surface area contributed by atoms with Crippen molar-refractivity contribution in [3.8, 4) is 0 Å². The van der Waals surface area contributed by atoms with Gasteiger partial charge in [0.25, 0.3) is 5.91 Å². The first kappa shape index (κ1) is 20.3. The molecular weight excluding hydrogens is 399 g/mol. The molecule has 1 fully saturated rings. The van der Waals surface area contributed by atoms with Gasteiger partial charge in [0.15, 0.2) is 0 Å². The van der Waals surface area contributed by atoms with Crippen LogP contribution in [0.5, 0.6) is 0 Å². The maximum atomic E-state index is 12.6. The number of rotatable bonds is 4. The molecule has 1 atom stereocenters. The van der Waals surface area contributed by atoms with Crippen molar-refractivity contribution in [1.29, 1.82) is 0 Å². The number of methoxy groups -OCH3 is 1. The molecule has 1 aliphatic heterocycles. The van der Waals surface area contributed by atoms with E-state index in [-0.39, 0.29) is 28.8 Å². The number of hydrazine groups is 1. The van der Waals surface area contributed by atoms with Crippen molar-refractivity contribution in [3.63, 3.8) is 0 Å². The molecule has 7 nitrogen and oxygen atoms in total. The highest BCUT2D eigenvalue weighted by Crippen LogP contribution is 2.33. The Bertz CT molecular complexity index is 732. The molecule has 26 heavy (non-hydrogen) atoms. The number of halogens is 4. The van der Waals surface area contributed by atoms with Gasteiger partial charge < -0.3 is 4.74 Å². The number of nitrogens with zero attached hydrogens (tertiary/aromatic N) is 2. The topological polar surface area (TPSA) is 88.6 Å². The summed E-state index contributed by atoms with van der Waals surface area (Å²) in [6.07, 6.45) is -4.05. The molecule has 0 aromatic carbocycles. The van der Waals surface area contributed by atoms with Gasteiger partial charge >= 0.3 is 12.1 Å². The summed E-state index contributed by atoms with van der Waals surface area (Å²) in [4.78, 5) is 39.0. The third-order valence-electron chi connectivity index (χ3n) is 3.40. The Kier molecular flexibility index (Phi) is 6.34. The summed E-state index contributed by atoms with van der Waals surface area (Å²) >= 11 is 6.59. The molecule has 1 aromatic rings. The second-order valence-electron chi connectivity index (χ2n) is 5.26. The average Bonchev–Trinajstić information content (AvgIpc) is 2.58. The second kappa shape index (κ2) is 8.12. The third-order valence-corrected chi connectivity index (χ3v) is 4.79. The lowest BCUT2D eigenvalue weighted by molar-refractivity contribution is -0.156. The fraction of sp³-hybridized carbons (Fsp3) is 0.429. The van der Waals surface area contributed by atoms with E-state index in [1.54, 1.807) is 0 Å². The minimum Gasteiger partial charge on any atom is -0.469 e. The quantitative estimate of drug-likeness (QED) is 0.601. The Hall–Kier alpha value is -2.01. The lowest BCUT2D eigenvalue weighted by Gasteiger charge is -2.31. The Morgan fingerprint density at radius 3 is 2.77 bits per heavy atom. The molecule has 2 amide bonds. The predicted octanol–water partition coefficient (Wildman–Crippen LogP) is 1.90. The molecule has 142 valence electrons. The van der Waals surface area contributed by atoms with Crippen LogP contribution in [0.2, 0.25) is 5.02 Å². The average molecular weight is 412 g/mol. The van der Waals surface area contributed by atoms with Gasteiger partial charge in [0.1, 0.15) is 5.03 Å². The number of amides is 2. The van der Waals surface area contributed by atoms with Crippen LogP contribution in [0.3, 0.4) is 0 Å². The predicted molar refractivity (Wildman–Crippen MR) is 85.0 cm³/mol. The van der Waals surface area contributed by atoms with E-state index in [2.05, 4.69) is 15.1 Å². The number of carbonyl (C=O) groups is 3. The minimum absolute atomic E-state index is 0.0425. The summed E-state index contributed by atoms with van der Waals surface area (Å²) in [6.45, 7) is -0.0635. The standard InChI is InChI=1S/C14H13ClF3N3O4S/c1-25-13(24)7-2-10(22)20-21(5-7)11(23)6-26-12-9(15)3-8(4-19-12)14(16,17)18/h3-4,7H,2,5-6H2,1H3,(H,20,22)/t7-/m1/s1. The smallest absolute Gasteiger partial charge is 0.417 e. The molecule has 0 unspecified atom stereocenters. The minimum atomic E-state index is -4.57. The van der Waals surface area contributed by atoms with E-state index in [1.807, 2.05) is 0 Å². The largest absolute Gasteiger partial charge is 0.469 e. The van der Waals surface area contributed by atoms with E-state index in [9.17, 15) is 27.6 Å². The van der Waals surface area contributed by atoms with Gasteiger partial charge in [-0.1, -0.05) is 23.4 Å². The molecule has 0 aliphatic carbocycles. The number of pyridine rings is 1. The lowest BCUT2D eigenvalue weighted by atomic mass is 10.0. The summed E-state index contributed by atoms with van der Waals surface area (Å²) in [6, 6.07) is 0.720. The van der Waals surface area contributed by atoms with Crippen LogP contribution >= 0.6 is 23.4 Å². The van der Waals surface area contributed by atoms with E-state index in [0.29, 0.717) is 6.20 Å². The number of nitrogens with one attached hydrogen (secondary N) is 1. The van der Waals surface area contributed by atoms with E-state index in [4.69, 9.17) is 11.6 Å². The van der Waals surface area contributed by atoms with Crippen molar-refractivity contribution >= 4 is 41.1 Å². The van der Waals surface area contributed by atoms with Crippen LogP contribution in [0.1, 0.15) is 12.0 Å². The van der Waals surface area contributed by atoms with Gasteiger partial charge in [-0.2, -0.15) is 13.2 Å². The van der Waals surface area contributed by atoms with Crippen molar-refractivity contribution in [2.24, 2.45) is 5.92 Å². The number of hydrogen-bond donors (Lipinski definition) is 1. The van der Waals surface area contributed by atoms with Crippen molar-refractivity contribution < 1.29 is 32.3 Å². The molecule has 1 aliphatic rings. The summed E-state index contributed by atoms with van der Waals surface area (Å²) in [5, 5.41) is 0.770. The number of hydrogen-bond acceptors (Lipinski definition) is 6. The molecule has 1 N–H and O–H groups in total. The van der Waals surface area contributed by atoms with Gasteiger partial charge in [0.05, 0.1) is 35.9 Å². The lowest BCUT2D eigenvalue weighted by Crippen LogP contribution is -2.55. The zero-order valence-electron chi connectivity index (χ0n) is 13.3. The second-order valence-corrected chi connectivity index (χ2v) is 6.63. The van der Waals surface area contributed by atoms with Crippen LogP contribution in [0, 0.1) is 5.92 Å². The summed E-state index contributed by atoms with van der Waals surface area (Å²) in [5.41, 5.74) is 1.33. The summed E-state index contributed by atoms with van der Waals surface area (Å²) < 4.78 is 42.3. The summed E-state index contributed by atoms with van der Waals surface area (Å²) in [5.74, 6) is -2.72. The van der Waals surface area contributed by atoms with Crippen LogP contribution in [0.25, 0.3) is 0 Å². The molecule has 12 heteroatoms. The fourth-order valence-electron chi connectivity index (χ4n) is 2.13. The van der Waals surface area contributed by atoms with Crippen LogP contribution in [0.15, 0.2) is 17.3 Å². The van der Waals surface area contributed by atoms with Gasteiger partial charge in [0, 0.05) is 12.6 Å². The van der Waals surface area contributed by atoms with E-state index < -0.39 is 35.4 Å². The molecular formula is C14H13ClF3N3O4S. The highest BCUT2D eigenvalue weighted by atomic mass is 35.5.